The first-order chi connectivity index (χ1) is 11.5. The Hall–Kier alpha value is -2.36. The largest absolute Gasteiger partial charge is 0.400 e. The normalized spacial score (nSPS) is 10.6. The molecule has 0 saturated heterocycles. The lowest BCUT2D eigenvalue weighted by molar-refractivity contribution is 0.0963. The molecule has 1 aromatic rings. The summed E-state index contributed by atoms with van der Waals surface area (Å²) in [4.78, 5) is 23.3. The van der Waals surface area contributed by atoms with E-state index in [0.29, 0.717) is 28.9 Å². The number of benzene rings is 1. The Morgan fingerprint density at radius 1 is 1.04 bits per heavy atom. The van der Waals surface area contributed by atoms with E-state index in [1.165, 1.54) is 6.92 Å². The van der Waals surface area contributed by atoms with Crippen LogP contribution in [0, 0.1) is 0 Å². The zero-order valence-electron chi connectivity index (χ0n) is 16.1. The van der Waals surface area contributed by atoms with Crippen LogP contribution in [0.1, 0.15) is 75.6 Å². The van der Waals surface area contributed by atoms with E-state index in [-0.39, 0.29) is 11.7 Å². The lowest BCUT2D eigenvalue weighted by atomic mass is 10.1. The van der Waals surface area contributed by atoms with Crippen molar-refractivity contribution < 1.29 is 9.59 Å². The molecule has 0 aliphatic heterocycles. The monoisotopic (exact) mass is 332 g/mol. The molecule has 0 unspecified atom stereocenters. The smallest absolute Gasteiger partial charge is 0.255 e. The van der Waals surface area contributed by atoms with Gasteiger partial charge >= 0.3 is 0 Å². The van der Waals surface area contributed by atoms with E-state index in [2.05, 4.69) is 5.32 Å². The number of Topliss-reactive ketones (excluding diaryl/α,β-unsaturated/α-hetero) is 1. The van der Waals surface area contributed by atoms with Crippen LogP contribution in [0.25, 0.3) is 0 Å². The highest BCUT2D eigenvalue weighted by molar-refractivity contribution is 5.98. The average Bonchev–Trinajstić information content (AvgIpc) is 2.64. The van der Waals surface area contributed by atoms with Crippen molar-refractivity contribution >= 4 is 11.7 Å². The van der Waals surface area contributed by atoms with Gasteiger partial charge in [-0.1, -0.05) is 52.8 Å². The standard InChI is InChI=1S/C16H20N2O2.2C2H6/c1-4-6-15(14(17)5-2)18-16(20)13-9-7-12(8-10-13)11(3)19;2*1-2/h4,6-10H,5,17H2,1-3H3,(H,18,20);2*1-2H3/b6-4-,15-14-;;. The van der Waals surface area contributed by atoms with Crippen molar-refractivity contribution in [1.82, 2.24) is 5.32 Å². The first-order valence-electron chi connectivity index (χ1n) is 8.53. The van der Waals surface area contributed by atoms with Gasteiger partial charge in [-0.3, -0.25) is 9.59 Å². The van der Waals surface area contributed by atoms with Crippen LogP contribution in [0.4, 0.5) is 0 Å². The molecule has 0 heterocycles. The summed E-state index contributed by atoms with van der Waals surface area (Å²) in [6, 6.07) is 6.53. The molecule has 1 aromatic carbocycles. The van der Waals surface area contributed by atoms with Crippen molar-refractivity contribution in [2.45, 2.75) is 54.9 Å². The van der Waals surface area contributed by atoms with Gasteiger partial charge in [-0.05, 0) is 38.5 Å². The fourth-order valence-corrected chi connectivity index (χ4v) is 1.64. The highest BCUT2D eigenvalue weighted by Gasteiger charge is 2.09. The van der Waals surface area contributed by atoms with Crippen LogP contribution in [0.15, 0.2) is 47.8 Å². The van der Waals surface area contributed by atoms with Crippen LogP contribution in [0.3, 0.4) is 0 Å². The first kappa shape index (κ1) is 23.9. The van der Waals surface area contributed by atoms with Crippen molar-refractivity contribution in [3.63, 3.8) is 0 Å². The van der Waals surface area contributed by atoms with Gasteiger partial charge in [0.15, 0.2) is 5.78 Å². The molecule has 0 aliphatic rings. The van der Waals surface area contributed by atoms with Gasteiger partial charge in [0, 0.05) is 16.8 Å². The maximum absolute atomic E-state index is 12.1. The second-order valence-corrected chi connectivity index (χ2v) is 4.38. The van der Waals surface area contributed by atoms with Gasteiger partial charge in [-0.25, -0.2) is 0 Å². The maximum Gasteiger partial charge on any atom is 0.255 e. The summed E-state index contributed by atoms with van der Waals surface area (Å²) < 4.78 is 0. The summed E-state index contributed by atoms with van der Waals surface area (Å²) in [7, 11) is 0. The van der Waals surface area contributed by atoms with E-state index in [1.54, 1.807) is 30.3 Å². The highest BCUT2D eigenvalue weighted by atomic mass is 16.1. The number of hydrogen-bond donors (Lipinski definition) is 2. The molecule has 0 aliphatic carbocycles. The Morgan fingerprint density at radius 3 is 1.88 bits per heavy atom. The average molecular weight is 332 g/mol. The van der Waals surface area contributed by atoms with Gasteiger partial charge in [0.1, 0.15) is 0 Å². The summed E-state index contributed by atoms with van der Waals surface area (Å²) in [5, 5.41) is 2.78. The third kappa shape index (κ3) is 8.32. The molecule has 1 amide bonds. The Morgan fingerprint density at radius 2 is 1.50 bits per heavy atom. The van der Waals surface area contributed by atoms with Gasteiger partial charge in [0.25, 0.3) is 5.91 Å². The minimum Gasteiger partial charge on any atom is -0.400 e. The maximum atomic E-state index is 12.1. The van der Waals surface area contributed by atoms with E-state index in [4.69, 9.17) is 5.73 Å². The molecule has 134 valence electrons. The van der Waals surface area contributed by atoms with Crippen molar-refractivity contribution in [2.24, 2.45) is 5.73 Å². The molecule has 4 heteroatoms. The number of nitrogens with one attached hydrogen (secondary N) is 1. The number of ketones is 1. The summed E-state index contributed by atoms with van der Waals surface area (Å²) in [5.74, 6) is -0.272. The quantitative estimate of drug-likeness (QED) is 0.599. The number of amides is 1. The lowest BCUT2D eigenvalue weighted by Crippen LogP contribution is -2.24. The molecule has 0 atom stereocenters. The zero-order chi connectivity index (χ0) is 19.1. The van der Waals surface area contributed by atoms with E-state index in [1.807, 2.05) is 47.6 Å². The van der Waals surface area contributed by atoms with Gasteiger partial charge in [-0.2, -0.15) is 0 Å². The van der Waals surface area contributed by atoms with Gasteiger partial charge in [0.05, 0.1) is 5.70 Å². The number of hydrogen-bond acceptors (Lipinski definition) is 3. The molecular weight excluding hydrogens is 300 g/mol. The summed E-state index contributed by atoms with van der Waals surface area (Å²) in [6.45, 7) is 13.3. The minimum atomic E-state index is -0.246. The molecule has 0 spiro atoms. The predicted molar refractivity (Wildman–Crippen MR) is 103 cm³/mol. The Balaban J connectivity index is 0. The fraction of sp³-hybridized carbons (Fsp3) is 0.400. The zero-order valence-corrected chi connectivity index (χ0v) is 16.1. The van der Waals surface area contributed by atoms with E-state index in [0.717, 1.165) is 0 Å². The van der Waals surface area contributed by atoms with Crippen molar-refractivity contribution in [1.29, 1.82) is 0 Å². The molecule has 3 N–H and O–H groups in total. The van der Waals surface area contributed by atoms with Gasteiger partial charge in [0.2, 0.25) is 0 Å². The van der Waals surface area contributed by atoms with Crippen molar-refractivity contribution in [3.8, 4) is 0 Å². The first-order valence-corrected chi connectivity index (χ1v) is 8.53. The van der Waals surface area contributed by atoms with Gasteiger partial charge in [-0.15, -0.1) is 0 Å². The predicted octanol–water partition coefficient (Wildman–Crippen LogP) is 4.83. The van der Waals surface area contributed by atoms with Gasteiger partial charge < -0.3 is 11.1 Å². The van der Waals surface area contributed by atoms with E-state index >= 15 is 0 Å². The molecule has 4 nitrogen and oxygen atoms in total. The molecule has 0 fully saturated rings. The molecule has 24 heavy (non-hydrogen) atoms. The highest BCUT2D eigenvalue weighted by Crippen LogP contribution is 2.08. The van der Waals surface area contributed by atoms with Crippen LogP contribution in [0.2, 0.25) is 0 Å². The Labute approximate surface area is 146 Å². The number of allylic oxidation sites excluding steroid dienone is 3. The summed E-state index contributed by atoms with van der Waals surface area (Å²) in [5.41, 5.74) is 8.16. The van der Waals surface area contributed by atoms with Crippen LogP contribution in [-0.2, 0) is 0 Å². The Bertz CT molecular complexity index is 556. The lowest BCUT2D eigenvalue weighted by Gasteiger charge is -2.09. The molecular formula is C20H32N2O2. The third-order valence-electron chi connectivity index (χ3n) is 2.86. The summed E-state index contributed by atoms with van der Waals surface area (Å²) >= 11 is 0. The minimum absolute atomic E-state index is 0.0262. The van der Waals surface area contributed by atoms with E-state index in [9.17, 15) is 9.59 Å². The number of nitrogens with two attached hydrogens (primary N) is 1. The molecule has 0 bridgehead atoms. The number of rotatable bonds is 5. The Kier molecular flexibility index (Phi) is 14.2. The molecule has 0 aromatic heterocycles. The van der Waals surface area contributed by atoms with Crippen LogP contribution < -0.4 is 11.1 Å². The second-order valence-electron chi connectivity index (χ2n) is 4.38. The number of carbonyl (C=O) groups excluding carboxylic acids is 2. The topological polar surface area (TPSA) is 72.2 Å². The summed E-state index contributed by atoms with van der Waals surface area (Å²) in [6.07, 6.45) is 4.24. The van der Waals surface area contributed by atoms with Crippen molar-refractivity contribution in [3.05, 3.63) is 58.9 Å². The second kappa shape index (κ2) is 14.2. The van der Waals surface area contributed by atoms with E-state index < -0.39 is 0 Å². The number of carbonyl (C=O) groups is 2. The molecule has 0 saturated carbocycles. The van der Waals surface area contributed by atoms with Crippen LogP contribution >= 0.6 is 0 Å². The van der Waals surface area contributed by atoms with Crippen molar-refractivity contribution in [2.75, 3.05) is 0 Å². The molecule has 1 rings (SSSR count). The molecule has 0 radical (unpaired) electrons. The fourth-order valence-electron chi connectivity index (χ4n) is 1.64. The van der Waals surface area contributed by atoms with Crippen LogP contribution in [0.5, 0.6) is 0 Å². The third-order valence-corrected chi connectivity index (χ3v) is 2.86. The SMILES string of the molecule is C/C=C\C(NC(=O)c1ccc(C(C)=O)cc1)=C(\N)CC.CC.CC. The van der Waals surface area contributed by atoms with Crippen LogP contribution in [-0.4, -0.2) is 11.7 Å².